The molecule has 1 aliphatic heterocycles. The SMILES string of the molecule is CSc1cc2c(cn1)OCN2. The third-order valence-corrected chi connectivity index (χ3v) is 2.18. The molecule has 3 nitrogen and oxygen atoms in total. The number of nitrogens with zero attached hydrogens (tertiary/aromatic N) is 1. The zero-order valence-corrected chi connectivity index (χ0v) is 6.94. The molecule has 0 unspecified atom stereocenters. The number of aromatic nitrogens is 1. The Morgan fingerprint density at radius 2 is 2.64 bits per heavy atom. The van der Waals surface area contributed by atoms with Crippen LogP contribution in [0.4, 0.5) is 5.69 Å². The Kier molecular flexibility index (Phi) is 1.62. The highest BCUT2D eigenvalue weighted by atomic mass is 32.2. The van der Waals surface area contributed by atoms with E-state index in [4.69, 9.17) is 4.74 Å². The third-order valence-electron chi connectivity index (χ3n) is 1.54. The van der Waals surface area contributed by atoms with E-state index < -0.39 is 0 Å². The van der Waals surface area contributed by atoms with Crippen molar-refractivity contribution < 1.29 is 4.74 Å². The lowest BCUT2D eigenvalue weighted by Crippen LogP contribution is -1.96. The first-order chi connectivity index (χ1) is 5.40. The molecule has 0 saturated heterocycles. The van der Waals surface area contributed by atoms with Crippen molar-refractivity contribution in [3.8, 4) is 5.75 Å². The van der Waals surface area contributed by atoms with E-state index in [-0.39, 0.29) is 0 Å². The third kappa shape index (κ3) is 1.14. The van der Waals surface area contributed by atoms with Crippen molar-refractivity contribution in [1.82, 2.24) is 4.98 Å². The molecule has 1 aliphatic rings. The van der Waals surface area contributed by atoms with Crippen molar-refractivity contribution in [3.63, 3.8) is 0 Å². The van der Waals surface area contributed by atoms with Crippen LogP contribution < -0.4 is 10.1 Å². The van der Waals surface area contributed by atoms with Crippen molar-refractivity contribution in [3.05, 3.63) is 12.3 Å². The molecular weight excluding hydrogens is 160 g/mol. The first-order valence-corrected chi connectivity index (χ1v) is 4.53. The van der Waals surface area contributed by atoms with Gasteiger partial charge in [-0.25, -0.2) is 4.98 Å². The van der Waals surface area contributed by atoms with Crippen molar-refractivity contribution in [2.45, 2.75) is 5.03 Å². The highest BCUT2D eigenvalue weighted by Gasteiger charge is 2.10. The van der Waals surface area contributed by atoms with Crippen LogP contribution in [0.15, 0.2) is 17.3 Å². The summed E-state index contributed by atoms with van der Waals surface area (Å²) in [5.41, 5.74) is 1.05. The monoisotopic (exact) mass is 168 g/mol. The van der Waals surface area contributed by atoms with E-state index in [1.54, 1.807) is 18.0 Å². The fourth-order valence-electron chi connectivity index (χ4n) is 0.980. The fourth-order valence-corrected chi connectivity index (χ4v) is 1.37. The minimum atomic E-state index is 0.564. The Morgan fingerprint density at radius 1 is 1.73 bits per heavy atom. The molecular formula is C7H8N2OS. The lowest BCUT2D eigenvalue weighted by molar-refractivity contribution is 0.371. The minimum absolute atomic E-state index is 0.564. The smallest absolute Gasteiger partial charge is 0.163 e. The van der Waals surface area contributed by atoms with E-state index in [9.17, 15) is 0 Å². The van der Waals surface area contributed by atoms with Gasteiger partial charge in [0.15, 0.2) is 12.5 Å². The van der Waals surface area contributed by atoms with E-state index in [1.807, 2.05) is 12.3 Å². The second-order valence-corrected chi connectivity index (χ2v) is 3.01. The lowest BCUT2D eigenvalue weighted by atomic mass is 10.4. The number of pyridine rings is 1. The summed E-state index contributed by atoms with van der Waals surface area (Å²) in [5, 5.41) is 4.11. The van der Waals surface area contributed by atoms with Gasteiger partial charge in [-0.05, 0) is 12.3 Å². The maximum Gasteiger partial charge on any atom is 0.163 e. The highest BCUT2D eigenvalue weighted by molar-refractivity contribution is 7.98. The van der Waals surface area contributed by atoms with Gasteiger partial charge in [0.05, 0.1) is 16.9 Å². The van der Waals surface area contributed by atoms with Crippen LogP contribution in [-0.4, -0.2) is 18.0 Å². The number of hydrogen-bond acceptors (Lipinski definition) is 4. The van der Waals surface area contributed by atoms with E-state index in [0.29, 0.717) is 6.73 Å². The Morgan fingerprint density at radius 3 is 3.45 bits per heavy atom. The second-order valence-electron chi connectivity index (χ2n) is 2.19. The van der Waals surface area contributed by atoms with Gasteiger partial charge in [-0.15, -0.1) is 11.8 Å². The average Bonchev–Trinajstić information content (AvgIpc) is 2.50. The maximum atomic E-state index is 5.22. The van der Waals surface area contributed by atoms with E-state index in [2.05, 4.69) is 10.3 Å². The average molecular weight is 168 g/mol. The van der Waals surface area contributed by atoms with Crippen LogP contribution in [-0.2, 0) is 0 Å². The van der Waals surface area contributed by atoms with Crippen molar-refractivity contribution in [2.24, 2.45) is 0 Å². The van der Waals surface area contributed by atoms with Gasteiger partial charge in [0.2, 0.25) is 0 Å². The number of thioether (sulfide) groups is 1. The molecule has 1 aromatic rings. The van der Waals surface area contributed by atoms with E-state index in [0.717, 1.165) is 16.5 Å². The number of rotatable bonds is 1. The molecule has 0 bridgehead atoms. The van der Waals surface area contributed by atoms with Crippen LogP contribution in [0.2, 0.25) is 0 Å². The first kappa shape index (κ1) is 6.79. The number of nitrogens with one attached hydrogen (secondary N) is 1. The number of anilines is 1. The van der Waals surface area contributed by atoms with Gasteiger partial charge in [-0.1, -0.05) is 0 Å². The molecule has 0 atom stereocenters. The standard InChI is InChI=1S/C7H8N2OS/c1-11-7-2-5-6(3-8-7)10-4-9-5/h2-3,9H,4H2,1H3. The summed E-state index contributed by atoms with van der Waals surface area (Å²) in [7, 11) is 0. The van der Waals surface area contributed by atoms with Crippen LogP contribution in [0, 0.1) is 0 Å². The molecule has 0 spiro atoms. The Bertz CT molecular complexity index is 277. The Balaban J connectivity index is 2.41. The van der Waals surface area contributed by atoms with Crippen LogP contribution in [0.1, 0.15) is 0 Å². The van der Waals surface area contributed by atoms with E-state index >= 15 is 0 Å². The Labute approximate surface area is 69.2 Å². The molecule has 58 valence electrons. The summed E-state index contributed by atoms with van der Waals surface area (Å²) in [5.74, 6) is 0.850. The predicted octanol–water partition coefficient (Wildman–Crippen LogP) is 1.57. The van der Waals surface area contributed by atoms with Gasteiger partial charge in [-0.2, -0.15) is 0 Å². The molecule has 4 heteroatoms. The number of ether oxygens (including phenoxy) is 1. The molecule has 0 amide bonds. The largest absolute Gasteiger partial charge is 0.470 e. The molecule has 11 heavy (non-hydrogen) atoms. The summed E-state index contributed by atoms with van der Waals surface area (Å²) in [6.07, 6.45) is 3.76. The van der Waals surface area contributed by atoms with Crippen molar-refractivity contribution in [2.75, 3.05) is 18.3 Å². The van der Waals surface area contributed by atoms with Gasteiger partial charge in [0.1, 0.15) is 0 Å². The van der Waals surface area contributed by atoms with Crippen LogP contribution >= 0.6 is 11.8 Å². The van der Waals surface area contributed by atoms with Gasteiger partial charge in [-0.3, -0.25) is 0 Å². The Hall–Kier alpha value is -0.900. The summed E-state index contributed by atoms with van der Waals surface area (Å²) in [6, 6.07) is 1.99. The molecule has 0 aromatic carbocycles. The summed E-state index contributed by atoms with van der Waals surface area (Å²) < 4.78 is 5.22. The molecule has 1 aromatic heterocycles. The van der Waals surface area contributed by atoms with Gasteiger partial charge in [0.25, 0.3) is 0 Å². The molecule has 0 saturated carbocycles. The zero-order chi connectivity index (χ0) is 7.68. The van der Waals surface area contributed by atoms with Gasteiger partial charge in [0, 0.05) is 0 Å². The van der Waals surface area contributed by atoms with Crippen LogP contribution in [0.25, 0.3) is 0 Å². The van der Waals surface area contributed by atoms with E-state index in [1.165, 1.54) is 0 Å². The van der Waals surface area contributed by atoms with Crippen LogP contribution in [0.3, 0.4) is 0 Å². The normalized spacial score (nSPS) is 13.5. The molecule has 1 N–H and O–H groups in total. The molecule has 0 radical (unpaired) electrons. The minimum Gasteiger partial charge on any atom is -0.470 e. The summed E-state index contributed by atoms with van der Waals surface area (Å²) >= 11 is 1.63. The molecule has 2 rings (SSSR count). The fraction of sp³-hybridized carbons (Fsp3) is 0.286. The molecule has 0 fully saturated rings. The number of hydrogen-bond donors (Lipinski definition) is 1. The van der Waals surface area contributed by atoms with Gasteiger partial charge >= 0.3 is 0 Å². The van der Waals surface area contributed by atoms with Crippen LogP contribution in [0.5, 0.6) is 5.75 Å². The lowest BCUT2D eigenvalue weighted by Gasteiger charge is -1.97. The zero-order valence-electron chi connectivity index (χ0n) is 6.13. The maximum absolute atomic E-state index is 5.22. The van der Waals surface area contributed by atoms with Crippen molar-refractivity contribution in [1.29, 1.82) is 0 Å². The van der Waals surface area contributed by atoms with Gasteiger partial charge < -0.3 is 10.1 Å². The van der Waals surface area contributed by atoms with Crippen molar-refractivity contribution >= 4 is 17.4 Å². The summed E-state index contributed by atoms with van der Waals surface area (Å²) in [4.78, 5) is 4.17. The second kappa shape index (κ2) is 2.62. The first-order valence-electron chi connectivity index (χ1n) is 3.31. The number of fused-ring (bicyclic) bond motifs is 1. The quantitative estimate of drug-likeness (QED) is 0.645. The summed E-state index contributed by atoms with van der Waals surface area (Å²) in [6.45, 7) is 0.564. The topological polar surface area (TPSA) is 34.1 Å². The molecule has 2 heterocycles. The molecule has 0 aliphatic carbocycles. The highest BCUT2D eigenvalue weighted by Crippen LogP contribution is 2.30. The predicted molar refractivity (Wildman–Crippen MR) is 45.1 cm³/mol.